The molecule has 0 aliphatic carbocycles. The molecule has 1 aromatic rings. The second kappa shape index (κ2) is 7.38. The summed E-state index contributed by atoms with van der Waals surface area (Å²) in [7, 11) is 0. The predicted molar refractivity (Wildman–Crippen MR) is 92.3 cm³/mol. The van der Waals surface area contributed by atoms with Crippen molar-refractivity contribution in [1.82, 2.24) is 9.88 Å². The standard InChI is InChI=1S/C16H25N3O4S/c1-11-13(10-22-12(2)20)17-14(24-11)18-6-8-19(9-7-18)15(21)23-16(3,4)5/h6-10H2,1-5H3. The van der Waals surface area contributed by atoms with Crippen LogP contribution in [0.5, 0.6) is 0 Å². The number of piperazine rings is 1. The zero-order chi connectivity index (χ0) is 17.9. The van der Waals surface area contributed by atoms with Gasteiger partial charge >= 0.3 is 12.1 Å². The van der Waals surface area contributed by atoms with Crippen molar-refractivity contribution in [3.63, 3.8) is 0 Å². The Morgan fingerprint density at radius 1 is 1.21 bits per heavy atom. The zero-order valence-corrected chi connectivity index (χ0v) is 15.7. The molecule has 0 radical (unpaired) electrons. The highest BCUT2D eigenvalue weighted by Crippen LogP contribution is 2.27. The van der Waals surface area contributed by atoms with Crippen LogP contribution in [0, 0.1) is 6.92 Å². The lowest BCUT2D eigenvalue weighted by molar-refractivity contribution is -0.142. The first kappa shape index (κ1) is 18.5. The van der Waals surface area contributed by atoms with Crippen molar-refractivity contribution in [1.29, 1.82) is 0 Å². The van der Waals surface area contributed by atoms with E-state index in [0.29, 0.717) is 26.2 Å². The van der Waals surface area contributed by atoms with Crippen LogP contribution < -0.4 is 4.90 Å². The highest BCUT2D eigenvalue weighted by atomic mass is 32.1. The molecule has 0 N–H and O–H groups in total. The van der Waals surface area contributed by atoms with Crippen molar-refractivity contribution in [3.8, 4) is 0 Å². The van der Waals surface area contributed by atoms with Crippen molar-refractivity contribution in [2.45, 2.75) is 46.8 Å². The number of hydrogen-bond donors (Lipinski definition) is 0. The SMILES string of the molecule is CC(=O)OCc1nc(N2CCN(C(=O)OC(C)(C)C)CC2)sc1C. The summed E-state index contributed by atoms with van der Waals surface area (Å²) >= 11 is 1.58. The molecule has 2 rings (SSSR count). The number of ether oxygens (including phenoxy) is 2. The van der Waals surface area contributed by atoms with Gasteiger partial charge in [0.2, 0.25) is 0 Å². The van der Waals surface area contributed by atoms with Crippen molar-refractivity contribution in [2.75, 3.05) is 31.1 Å². The lowest BCUT2D eigenvalue weighted by Gasteiger charge is -2.35. The Kier molecular flexibility index (Phi) is 5.69. The van der Waals surface area contributed by atoms with E-state index in [-0.39, 0.29) is 18.7 Å². The third-order valence-corrected chi connectivity index (χ3v) is 4.57. The highest BCUT2D eigenvalue weighted by Gasteiger charge is 2.27. The largest absolute Gasteiger partial charge is 0.459 e. The number of aryl methyl sites for hydroxylation is 1. The maximum Gasteiger partial charge on any atom is 0.410 e. The summed E-state index contributed by atoms with van der Waals surface area (Å²) in [4.78, 5) is 32.5. The van der Waals surface area contributed by atoms with Gasteiger partial charge in [0.15, 0.2) is 5.13 Å². The molecule has 1 aliphatic heterocycles. The van der Waals surface area contributed by atoms with E-state index in [2.05, 4.69) is 9.88 Å². The second-order valence-corrected chi connectivity index (χ2v) is 7.92. The smallest absolute Gasteiger partial charge is 0.410 e. The van der Waals surface area contributed by atoms with Gasteiger partial charge in [0, 0.05) is 38.0 Å². The summed E-state index contributed by atoms with van der Waals surface area (Å²) in [6, 6.07) is 0. The summed E-state index contributed by atoms with van der Waals surface area (Å²) in [5.41, 5.74) is 0.312. The van der Waals surface area contributed by atoms with Gasteiger partial charge in [0.05, 0.1) is 5.69 Å². The van der Waals surface area contributed by atoms with Gasteiger partial charge in [0.25, 0.3) is 0 Å². The zero-order valence-electron chi connectivity index (χ0n) is 14.9. The van der Waals surface area contributed by atoms with E-state index < -0.39 is 5.60 Å². The molecule has 0 spiro atoms. The molecule has 8 heteroatoms. The number of carbonyl (C=O) groups excluding carboxylic acids is 2. The van der Waals surface area contributed by atoms with Gasteiger partial charge in [-0.2, -0.15) is 0 Å². The van der Waals surface area contributed by atoms with E-state index in [4.69, 9.17) is 9.47 Å². The monoisotopic (exact) mass is 355 g/mol. The first-order chi connectivity index (χ1) is 11.2. The fourth-order valence-electron chi connectivity index (χ4n) is 2.26. The Morgan fingerprint density at radius 3 is 2.38 bits per heavy atom. The van der Waals surface area contributed by atoms with Gasteiger partial charge in [-0.05, 0) is 27.7 Å². The van der Waals surface area contributed by atoms with Crippen LogP contribution in [0.15, 0.2) is 0 Å². The van der Waals surface area contributed by atoms with Gasteiger partial charge in [-0.15, -0.1) is 11.3 Å². The molecule has 7 nitrogen and oxygen atoms in total. The Balaban J connectivity index is 1.91. The van der Waals surface area contributed by atoms with Crippen molar-refractivity contribution in [2.24, 2.45) is 0 Å². The molecule has 2 heterocycles. The van der Waals surface area contributed by atoms with Crippen molar-refractivity contribution < 1.29 is 19.1 Å². The molecule has 0 atom stereocenters. The minimum absolute atomic E-state index is 0.204. The van der Waals surface area contributed by atoms with Crippen LogP contribution in [0.4, 0.5) is 9.93 Å². The van der Waals surface area contributed by atoms with E-state index in [1.54, 1.807) is 16.2 Å². The molecule has 1 saturated heterocycles. The number of esters is 1. The summed E-state index contributed by atoms with van der Waals surface area (Å²) in [5.74, 6) is -0.310. The molecular weight excluding hydrogens is 330 g/mol. The molecular formula is C16H25N3O4S. The molecule has 1 aromatic heterocycles. The minimum atomic E-state index is -0.480. The number of aromatic nitrogens is 1. The fourth-order valence-corrected chi connectivity index (χ4v) is 3.22. The molecule has 0 bridgehead atoms. The third-order valence-electron chi connectivity index (χ3n) is 3.50. The van der Waals surface area contributed by atoms with E-state index in [1.807, 2.05) is 27.7 Å². The predicted octanol–water partition coefficient (Wildman–Crippen LogP) is 2.57. The summed E-state index contributed by atoms with van der Waals surface area (Å²) in [6.45, 7) is 11.8. The molecule has 1 fully saturated rings. The Bertz CT molecular complexity index is 601. The molecule has 0 aromatic carbocycles. The number of hydrogen-bond acceptors (Lipinski definition) is 7. The van der Waals surface area contributed by atoms with Gasteiger partial charge in [0.1, 0.15) is 12.2 Å². The third kappa shape index (κ3) is 5.09. The number of carbonyl (C=O) groups is 2. The molecule has 24 heavy (non-hydrogen) atoms. The Labute approximate surface area is 146 Å². The second-order valence-electron chi connectivity index (χ2n) is 6.73. The van der Waals surface area contributed by atoms with Gasteiger partial charge in [-0.1, -0.05) is 0 Å². The normalized spacial score (nSPS) is 15.4. The minimum Gasteiger partial charge on any atom is -0.459 e. The van der Waals surface area contributed by atoms with Crippen LogP contribution in [0.2, 0.25) is 0 Å². The molecule has 0 unspecified atom stereocenters. The van der Waals surface area contributed by atoms with E-state index >= 15 is 0 Å². The molecule has 1 amide bonds. The van der Waals surface area contributed by atoms with Crippen LogP contribution in [0.3, 0.4) is 0 Å². The maximum atomic E-state index is 12.1. The fraction of sp³-hybridized carbons (Fsp3) is 0.688. The molecule has 134 valence electrons. The molecule has 0 saturated carbocycles. The van der Waals surface area contributed by atoms with Gasteiger partial charge < -0.3 is 19.3 Å². The van der Waals surface area contributed by atoms with E-state index in [9.17, 15) is 9.59 Å². The first-order valence-corrected chi connectivity index (χ1v) is 8.80. The quantitative estimate of drug-likeness (QED) is 0.776. The topological polar surface area (TPSA) is 72.0 Å². The number of rotatable bonds is 3. The lowest BCUT2D eigenvalue weighted by Crippen LogP contribution is -2.50. The Hall–Kier alpha value is -1.83. The maximum absolute atomic E-state index is 12.1. The van der Waals surface area contributed by atoms with Crippen LogP contribution in [0.1, 0.15) is 38.3 Å². The van der Waals surface area contributed by atoms with E-state index in [1.165, 1.54) is 6.92 Å². The Morgan fingerprint density at radius 2 is 1.83 bits per heavy atom. The average molecular weight is 355 g/mol. The summed E-state index contributed by atoms with van der Waals surface area (Å²) < 4.78 is 10.4. The van der Waals surface area contributed by atoms with Crippen molar-refractivity contribution in [3.05, 3.63) is 10.6 Å². The number of thiazole rings is 1. The van der Waals surface area contributed by atoms with Gasteiger partial charge in [-0.25, -0.2) is 9.78 Å². The lowest BCUT2D eigenvalue weighted by atomic mass is 10.2. The molecule has 1 aliphatic rings. The number of anilines is 1. The van der Waals surface area contributed by atoms with Crippen LogP contribution in [-0.4, -0.2) is 53.7 Å². The van der Waals surface area contributed by atoms with E-state index in [0.717, 1.165) is 15.7 Å². The first-order valence-electron chi connectivity index (χ1n) is 7.98. The van der Waals surface area contributed by atoms with Crippen molar-refractivity contribution >= 4 is 28.5 Å². The number of nitrogens with zero attached hydrogens (tertiary/aromatic N) is 3. The highest BCUT2D eigenvalue weighted by molar-refractivity contribution is 7.15. The van der Waals surface area contributed by atoms with Crippen LogP contribution in [-0.2, 0) is 20.9 Å². The van der Waals surface area contributed by atoms with Crippen LogP contribution >= 0.6 is 11.3 Å². The van der Waals surface area contributed by atoms with Crippen LogP contribution in [0.25, 0.3) is 0 Å². The average Bonchev–Trinajstić information content (AvgIpc) is 2.84. The number of amides is 1. The summed E-state index contributed by atoms with van der Waals surface area (Å²) in [6.07, 6.45) is -0.270. The summed E-state index contributed by atoms with van der Waals surface area (Å²) in [5, 5.41) is 0.901. The van der Waals surface area contributed by atoms with Gasteiger partial charge in [-0.3, -0.25) is 4.79 Å².